The maximum atomic E-state index is 11.9. The lowest BCUT2D eigenvalue weighted by Gasteiger charge is -2.14. The summed E-state index contributed by atoms with van der Waals surface area (Å²) in [5, 5.41) is 11.8. The molecular weight excluding hydrogens is 268 g/mol. The predicted molar refractivity (Wildman–Crippen MR) is 77.7 cm³/mol. The van der Waals surface area contributed by atoms with E-state index in [0.29, 0.717) is 5.69 Å². The number of nitrogens with zero attached hydrogens (tertiary/aromatic N) is 1. The topological polar surface area (TPSA) is 79.3 Å². The maximum absolute atomic E-state index is 11.9. The van der Waals surface area contributed by atoms with E-state index < -0.39 is 12.0 Å². The lowest BCUT2D eigenvalue weighted by molar-refractivity contribution is -0.141. The van der Waals surface area contributed by atoms with E-state index in [0.717, 1.165) is 5.56 Å². The van der Waals surface area contributed by atoms with E-state index in [4.69, 9.17) is 0 Å². The number of benzene rings is 1. The smallest absolute Gasteiger partial charge is 0.326 e. The Morgan fingerprint density at radius 1 is 1.10 bits per heavy atom. The molecule has 1 heterocycles. The van der Waals surface area contributed by atoms with Crippen LogP contribution in [0.15, 0.2) is 54.7 Å². The van der Waals surface area contributed by atoms with Crippen molar-refractivity contribution in [2.45, 2.75) is 18.9 Å². The number of carboxylic acid groups (broad SMARTS) is 1. The summed E-state index contributed by atoms with van der Waals surface area (Å²) >= 11 is 0. The summed E-state index contributed by atoms with van der Waals surface area (Å²) in [4.78, 5) is 27.2. The van der Waals surface area contributed by atoms with Gasteiger partial charge in [0.1, 0.15) is 6.04 Å². The number of amides is 1. The van der Waals surface area contributed by atoms with E-state index in [1.165, 1.54) is 0 Å². The SMILES string of the molecule is O=C(Cc1ccccn1)N[C@@H](Cc1ccccc1)C(=O)O. The highest BCUT2D eigenvalue weighted by atomic mass is 16.4. The monoisotopic (exact) mass is 284 g/mol. The Balaban J connectivity index is 1.96. The quantitative estimate of drug-likeness (QED) is 0.841. The zero-order valence-corrected chi connectivity index (χ0v) is 11.4. The Morgan fingerprint density at radius 3 is 2.43 bits per heavy atom. The summed E-state index contributed by atoms with van der Waals surface area (Å²) in [7, 11) is 0. The molecule has 0 saturated carbocycles. The van der Waals surface area contributed by atoms with Crippen molar-refractivity contribution in [1.82, 2.24) is 10.3 Å². The summed E-state index contributed by atoms with van der Waals surface area (Å²) in [6.45, 7) is 0. The standard InChI is InChI=1S/C16H16N2O3/c19-15(11-13-8-4-5-9-17-13)18-14(16(20)21)10-12-6-2-1-3-7-12/h1-9,14H,10-11H2,(H,18,19)(H,20,21)/t14-/m0/s1. The van der Waals surface area contributed by atoms with Crippen molar-refractivity contribution in [3.8, 4) is 0 Å². The van der Waals surface area contributed by atoms with E-state index >= 15 is 0 Å². The van der Waals surface area contributed by atoms with Crippen LogP contribution in [0.5, 0.6) is 0 Å². The molecule has 0 aliphatic carbocycles. The van der Waals surface area contributed by atoms with Crippen LogP contribution in [0.3, 0.4) is 0 Å². The van der Waals surface area contributed by atoms with Gasteiger partial charge in [-0.1, -0.05) is 36.4 Å². The number of hydrogen-bond acceptors (Lipinski definition) is 3. The average molecular weight is 284 g/mol. The predicted octanol–water partition coefficient (Wildman–Crippen LogP) is 1.44. The summed E-state index contributed by atoms with van der Waals surface area (Å²) < 4.78 is 0. The lowest BCUT2D eigenvalue weighted by atomic mass is 10.1. The molecule has 0 radical (unpaired) electrons. The number of aliphatic carboxylic acids is 1. The van der Waals surface area contributed by atoms with E-state index in [1.54, 1.807) is 24.4 Å². The van der Waals surface area contributed by atoms with Gasteiger partial charge in [-0.15, -0.1) is 0 Å². The Labute approximate surface area is 122 Å². The number of nitrogens with one attached hydrogen (secondary N) is 1. The van der Waals surface area contributed by atoms with Crippen LogP contribution in [0, 0.1) is 0 Å². The minimum absolute atomic E-state index is 0.0689. The van der Waals surface area contributed by atoms with Gasteiger partial charge in [0.05, 0.1) is 6.42 Å². The zero-order valence-electron chi connectivity index (χ0n) is 11.4. The second-order valence-corrected chi connectivity index (χ2v) is 4.65. The molecule has 2 aromatic rings. The first-order chi connectivity index (χ1) is 10.1. The van der Waals surface area contributed by atoms with Gasteiger partial charge in [-0.3, -0.25) is 9.78 Å². The first kappa shape index (κ1) is 14.7. The Morgan fingerprint density at radius 2 is 1.81 bits per heavy atom. The maximum Gasteiger partial charge on any atom is 0.326 e. The normalized spacial score (nSPS) is 11.6. The van der Waals surface area contributed by atoms with Crippen molar-refractivity contribution in [1.29, 1.82) is 0 Å². The summed E-state index contributed by atoms with van der Waals surface area (Å²) in [5.74, 6) is -1.40. The van der Waals surface area contributed by atoms with Crippen molar-refractivity contribution in [2.75, 3.05) is 0 Å². The highest BCUT2D eigenvalue weighted by molar-refractivity contribution is 5.84. The van der Waals surface area contributed by atoms with Crippen LogP contribution in [-0.4, -0.2) is 28.0 Å². The highest BCUT2D eigenvalue weighted by Crippen LogP contribution is 2.04. The molecule has 0 spiro atoms. The van der Waals surface area contributed by atoms with Gasteiger partial charge in [0.25, 0.3) is 0 Å². The third-order valence-corrected chi connectivity index (χ3v) is 2.98. The molecule has 0 aliphatic rings. The van der Waals surface area contributed by atoms with Crippen LogP contribution < -0.4 is 5.32 Å². The third kappa shape index (κ3) is 4.72. The van der Waals surface area contributed by atoms with Gasteiger partial charge in [-0.2, -0.15) is 0 Å². The average Bonchev–Trinajstić information content (AvgIpc) is 2.48. The van der Waals surface area contributed by atoms with Crippen molar-refractivity contribution >= 4 is 11.9 Å². The first-order valence-electron chi connectivity index (χ1n) is 6.61. The Bertz CT molecular complexity index is 599. The molecule has 21 heavy (non-hydrogen) atoms. The fourth-order valence-electron chi connectivity index (χ4n) is 1.96. The van der Waals surface area contributed by atoms with E-state index in [9.17, 15) is 14.7 Å². The molecule has 5 heteroatoms. The van der Waals surface area contributed by atoms with Gasteiger partial charge < -0.3 is 10.4 Å². The highest BCUT2D eigenvalue weighted by Gasteiger charge is 2.20. The number of carboxylic acids is 1. The van der Waals surface area contributed by atoms with E-state index in [2.05, 4.69) is 10.3 Å². The second-order valence-electron chi connectivity index (χ2n) is 4.65. The molecule has 2 rings (SSSR count). The number of rotatable bonds is 6. The molecule has 1 atom stereocenters. The lowest BCUT2D eigenvalue weighted by Crippen LogP contribution is -2.43. The second kappa shape index (κ2) is 7.19. The molecule has 0 unspecified atom stereocenters. The fourth-order valence-corrected chi connectivity index (χ4v) is 1.96. The Hall–Kier alpha value is -2.69. The first-order valence-corrected chi connectivity index (χ1v) is 6.61. The molecule has 1 amide bonds. The third-order valence-electron chi connectivity index (χ3n) is 2.98. The largest absolute Gasteiger partial charge is 0.480 e. The van der Waals surface area contributed by atoms with Crippen LogP contribution in [0.4, 0.5) is 0 Å². The van der Waals surface area contributed by atoms with Gasteiger partial charge in [-0.05, 0) is 17.7 Å². The van der Waals surface area contributed by atoms with Crippen molar-refractivity contribution in [2.24, 2.45) is 0 Å². The van der Waals surface area contributed by atoms with Crippen LogP contribution in [-0.2, 0) is 22.4 Å². The molecule has 0 bridgehead atoms. The molecule has 0 aliphatic heterocycles. The number of carbonyl (C=O) groups is 2. The van der Waals surface area contributed by atoms with E-state index in [-0.39, 0.29) is 18.7 Å². The van der Waals surface area contributed by atoms with Crippen LogP contribution in [0.1, 0.15) is 11.3 Å². The summed E-state index contributed by atoms with van der Waals surface area (Å²) in [5.41, 5.74) is 1.47. The van der Waals surface area contributed by atoms with Gasteiger partial charge in [-0.25, -0.2) is 4.79 Å². The van der Waals surface area contributed by atoms with Crippen LogP contribution in [0.2, 0.25) is 0 Å². The van der Waals surface area contributed by atoms with Gasteiger partial charge >= 0.3 is 5.97 Å². The molecule has 1 aromatic carbocycles. The summed E-state index contributed by atoms with van der Waals surface area (Å²) in [6, 6.07) is 13.5. The van der Waals surface area contributed by atoms with Crippen molar-refractivity contribution in [3.63, 3.8) is 0 Å². The number of aromatic nitrogens is 1. The summed E-state index contributed by atoms with van der Waals surface area (Å²) in [6.07, 6.45) is 1.92. The van der Waals surface area contributed by atoms with Crippen molar-refractivity contribution < 1.29 is 14.7 Å². The van der Waals surface area contributed by atoms with Gasteiger partial charge in [0, 0.05) is 18.3 Å². The molecule has 1 aromatic heterocycles. The van der Waals surface area contributed by atoms with Crippen molar-refractivity contribution in [3.05, 3.63) is 66.0 Å². The molecular formula is C16H16N2O3. The molecule has 0 fully saturated rings. The number of carbonyl (C=O) groups excluding carboxylic acids is 1. The van der Waals surface area contributed by atoms with Gasteiger partial charge in [0.2, 0.25) is 5.91 Å². The molecule has 108 valence electrons. The number of hydrogen-bond donors (Lipinski definition) is 2. The van der Waals surface area contributed by atoms with E-state index in [1.807, 2.05) is 30.3 Å². The van der Waals surface area contributed by atoms with Crippen LogP contribution >= 0.6 is 0 Å². The minimum Gasteiger partial charge on any atom is -0.480 e. The minimum atomic E-state index is -1.05. The fraction of sp³-hybridized carbons (Fsp3) is 0.188. The molecule has 5 nitrogen and oxygen atoms in total. The Kier molecular flexibility index (Phi) is 5.04. The number of pyridine rings is 1. The zero-order chi connectivity index (χ0) is 15.1. The van der Waals surface area contributed by atoms with Gasteiger partial charge in [0.15, 0.2) is 0 Å². The molecule has 2 N–H and O–H groups in total. The van der Waals surface area contributed by atoms with Crippen LogP contribution in [0.25, 0.3) is 0 Å². The molecule has 0 saturated heterocycles.